The summed E-state index contributed by atoms with van der Waals surface area (Å²) in [7, 11) is 0. The Morgan fingerprint density at radius 2 is 2.00 bits per heavy atom. The van der Waals surface area contributed by atoms with Crippen LogP contribution >= 0.6 is 0 Å². The lowest BCUT2D eigenvalue weighted by Gasteiger charge is -2.23. The van der Waals surface area contributed by atoms with E-state index in [9.17, 15) is 0 Å². The van der Waals surface area contributed by atoms with E-state index in [-0.39, 0.29) is 6.04 Å². The lowest BCUT2D eigenvalue weighted by molar-refractivity contribution is 0.316. The van der Waals surface area contributed by atoms with E-state index < -0.39 is 0 Å². The van der Waals surface area contributed by atoms with Crippen LogP contribution in [0.2, 0.25) is 0 Å². The lowest BCUT2D eigenvalue weighted by Crippen LogP contribution is -2.23. The first-order valence-corrected chi connectivity index (χ1v) is 7.20. The van der Waals surface area contributed by atoms with Crippen LogP contribution in [0.3, 0.4) is 0 Å². The first kappa shape index (κ1) is 13.4. The van der Waals surface area contributed by atoms with Crippen molar-refractivity contribution in [3.8, 4) is 5.75 Å². The third kappa shape index (κ3) is 3.05. The molecular weight excluding hydrogens is 222 g/mol. The summed E-state index contributed by atoms with van der Waals surface area (Å²) >= 11 is 0. The van der Waals surface area contributed by atoms with E-state index in [0.717, 1.165) is 24.7 Å². The molecule has 0 radical (unpaired) electrons. The Morgan fingerprint density at radius 3 is 2.56 bits per heavy atom. The fourth-order valence-corrected chi connectivity index (χ4v) is 2.96. The molecule has 0 amide bonds. The SMILES string of the molecule is CCCOc1ccc(C(N)C2CCCC2C)cc1. The van der Waals surface area contributed by atoms with Crippen molar-refractivity contribution in [1.29, 1.82) is 0 Å². The first-order chi connectivity index (χ1) is 8.72. The van der Waals surface area contributed by atoms with Gasteiger partial charge in [-0.3, -0.25) is 0 Å². The van der Waals surface area contributed by atoms with Crippen molar-refractivity contribution in [3.05, 3.63) is 29.8 Å². The van der Waals surface area contributed by atoms with Crippen molar-refractivity contribution in [2.75, 3.05) is 6.61 Å². The molecule has 1 saturated carbocycles. The summed E-state index contributed by atoms with van der Waals surface area (Å²) < 4.78 is 5.60. The monoisotopic (exact) mass is 247 g/mol. The maximum absolute atomic E-state index is 6.40. The number of hydrogen-bond acceptors (Lipinski definition) is 2. The van der Waals surface area contributed by atoms with Crippen molar-refractivity contribution in [1.82, 2.24) is 0 Å². The standard InChI is InChI=1S/C16H25NO/c1-3-11-18-14-9-7-13(8-10-14)16(17)15-6-4-5-12(15)2/h7-10,12,15-16H,3-6,11,17H2,1-2H3. The van der Waals surface area contributed by atoms with Crippen molar-refractivity contribution in [2.45, 2.75) is 45.6 Å². The van der Waals surface area contributed by atoms with Gasteiger partial charge in [-0.05, 0) is 42.4 Å². The molecule has 1 fully saturated rings. The van der Waals surface area contributed by atoms with E-state index >= 15 is 0 Å². The lowest BCUT2D eigenvalue weighted by atomic mass is 9.86. The highest BCUT2D eigenvalue weighted by molar-refractivity contribution is 5.29. The Bertz CT molecular complexity index is 360. The van der Waals surface area contributed by atoms with Crippen LogP contribution in [0.25, 0.3) is 0 Å². The minimum atomic E-state index is 0.183. The molecular formula is C16H25NO. The first-order valence-electron chi connectivity index (χ1n) is 7.20. The van der Waals surface area contributed by atoms with Crippen LogP contribution in [0.1, 0.15) is 51.1 Å². The van der Waals surface area contributed by atoms with Crippen molar-refractivity contribution in [2.24, 2.45) is 17.6 Å². The second-order valence-corrected chi connectivity index (χ2v) is 5.52. The van der Waals surface area contributed by atoms with Crippen molar-refractivity contribution < 1.29 is 4.74 Å². The van der Waals surface area contributed by atoms with Gasteiger partial charge in [-0.2, -0.15) is 0 Å². The summed E-state index contributed by atoms with van der Waals surface area (Å²) in [5, 5.41) is 0. The summed E-state index contributed by atoms with van der Waals surface area (Å²) in [4.78, 5) is 0. The molecule has 0 aliphatic heterocycles. The van der Waals surface area contributed by atoms with Crippen molar-refractivity contribution >= 4 is 0 Å². The number of rotatable bonds is 5. The molecule has 0 spiro atoms. The molecule has 3 unspecified atom stereocenters. The molecule has 1 aromatic carbocycles. The van der Waals surface area contributed by atoms with Crippen LogP contribution in [0.15, 0.2) is 24.3 Å². The highest BCUT2D eigenvalue weighted by atomic mass is 16.5. The topological polar surface area (TPSA) is 35.2 Å². The third-order valence-corrected chi connectivity index (χ3v) is 4.13. The highest BCUT2D eigenvalue weighted by Gasteiger charge is 2.29. The Morgan fingerprint density at radius 1 is 1.28 bits per heavy atom. The molecule has 1 aromatic rings. The van der Waals surface area contributed by atoms with Gasteiger partial charge in [0.25, 0.3) is 0 Å². The molecule has 0 saturated heterocycles. The van der Waals surface area contributed by atoms with Gasteiger partial charge in [0, 0.05) is 6.04 Å². The highest BCUT2D eigenvalue weighted by Crippen LogP contribution is 2.38. The zero-order chi connectivity index (χ0) is 13.0. The van der Waals surface area contributed by atoms with Gasteiger partial charge in [-0.15, -0.1) is 0 Å². The maximum Gasteiger partial charge on any atom is 0.119 e. The molecule has 2 N–H and O–H groups in total. The zero-order valence-corrected chi connectivity index (χ0v) is 11.6. The quantitative estimate of drug-likeness (QED) is 0.856. The van der Waals surface area contributed by atoms with E-state index in [1.165, 1.54) is 24.8 Å². The van der Waals surface area contributed by atoms with Crippen LogP contribution in [0.4, 0.5) is 0 Å². The van der Waals surface area contributed by atoms with E-state index in [1.54, 1.807) is 0 Å². The Kier molecular flexibility index (Phi) is 4.65. The van der Waals surface area contributed by atoms with Gasteiger partial charge < -0.3 is 10.5 Å². The van der Waals surface area contributed by atoms with Crippen molar-refractivity contribution in [3.63, 3.8) is 0 Å². The van der Waals surface area contributed by atoms with Gasteiger partial charge in [0.2, 0.25) is 0 Å². The fourth-order valence-electron chi connectivity index (χ4n) is 2.96. The summed E-state index contributed by atoms with van der Waals surface area (Å²) in [6, 6.07) is 8.53. The summed E-state index contributed by atoms with van der Waals surface area (Å²) in [5.74, 6) is 2.36. The van der Waals surface area contributed by atoms with Gasteiger partial charge in [-0.1, -0.05) is 38.8 Å². The molecule has 0 bridgehead atoms. The summed E-state index contributed by atoms with van der Waals surface area (Å²) in [5.41, 5.74) is 7.65. The van der Waals surface area contributed by atoms with Crippen LogP contribution in [0, 0.1) is 11.8 Å². The van der Waals surface area contributed by atoms with E-state index in [4.69, 9.17) is 10.5 Å². The maximum atomic E-state index is 6.40. The number of ether oxygens (including phenoxy) is 1. The van der Waals surface area contributed by atoms with E-state index in [2.05, 4.69) is 26.0 Å². The molecule has 0 aromatic heterocycles. The minimum absolute atomic E-state index is 0.183. The predicted octanol–water partition coefficient (Wildman–Crippen LogP) is 3.91. The average molecular weight is 247 g/mol. The molecule has 2 nitrogen and oxygen atoms in total. The van der Waals surface area contributed by atoms with Crippen LogP contribution in [0.5, 0.6) is 5.75 Å². The second kappa shape index (κ2) is 6.24. The Hall–Kier alpha value is -1.02. The van der Waals surface area contributed by atoms with Crippen LogP contribution in [-0.2, 0) is 0 Å². The molecule has 1 aliphatic carbocycles. The molecule has 1 aliphatic rings. The second-order valence-electron chi connectivity index (χ2n) is 5.52. The van der Waals surface area contributed by atoms with E-state index in [1.807, 2.05) is 12.1 Å². The number of benzene rings is 1. The minimum Gasteiger partial charge on any atom is -0.494 e. The molecule has 0 heterocycles. The van der Waals surface area contributed by atoms with Gasteiger partial charge in [0.05, 0.1) is 6.61 Å². The van der Waals surface area contributed by atoms with E-state index in [0.29, 0.717) is 5.92 Å². The average Bonchev–Trinajstić information content (AvgIpc) is 2.82. The summed E-state index contributed by atoms with van der Waals surface area (Å²) in [6.45, 7) is 5.23. The molecule has 100 valence electrons. The normalized spacial score (nSPS) is 25.1. The van der Waals surface area contributed by atoms with Crippen LogP contribution in [-0.4, -0.2) is 6.61 Å². The van der Waals surface area contributed by atoms with Gasteiger partial charge in [0.15, 0.2) is 0 Å². The largest absolute Gasteiger partial charge is 0.494 e. The Balaban J connectivity index is 2.00. The predicted molar refractivity (Wildman–Crippen MR) is 75.7 cm³/mol. The number of nitrogens with two attached hydrogens (primary N) is 1. The van der Waals surface area contributed by atoms with Crippen LogP contribution < -0.4 is 10.5 Å². The van der Waals surface area contributed by atoms with Gasteiger partial charge >= 0.3 is 0 Å². The number of hydrogen-bond donors (Lipinski definition) is 1. The third-order valence-electron chi connectivity index (χ3n) is 4.13. The van der Waals surface area contributed by atoms with Gasteiger partial charge in [0.1, 0.15) is 5.75 Å². The zero-order valence-electron chi connectivity index (χ0n) is 11.6. The van der Waals surface area contributed by atoms with Gasteiger partial charge in [-0.25, -0.2) is 0 Å². The molecule has 3 atom stereocenters. The molecule has 18 heavy (non-hydrogen) atoms. The Labute approximate surface area is 111 Å². The summed E-state index contributed by atoms with van der Waals surface area (Å²) in [6.07, 6.45) is 4.98. The molecule has 2 heteroatoms. The smallest absolute Gasteiger partial charge is 0.119 e. The fraction of sp³-hybridized carbons (Fsp3) is 0.625. The molecule has 2 rings (SSSR count).